The quantitative estimate of drug-likeness (QED) is 0.247. The smallest absolute Gasteiger partial charge is 0.338 e. The molecule has 0 aliphatic rings. The minimum Gasteiger partial charge on any atom is -0.462 e. The van der Waals surface area contributed by atoms with Gasteiger partial charge in [0.25, 0.3) is 5.91 Å². The highest BCUT2D eigenvalue weighted by Crippen LogP contribution is 2.24. The van der Waals surface area contributed by atoms with Gasteiger partial charge in [-0.05, 0) is 37.6 Å². The van der Waals surface area contributed by atoms with E-state index < -0.39 is 5.91 Å². The number of nitrogens with zero attached hydrogens (tertiary/aromatic N) is 3. The summed E-state index contributed by atoms with van der Waals surface area (Å²) >= 11 is 0. The van der Waals surface area contributed by atoms with Crippen LogP contribution < -0.4 is 5.32 Å². The van der Waals surface area contributed by atoms with Gasteiger partial charge in [0.1, 0.15) is 23.2 Å². The number of furan rings is 1. The lowest BCUT2D eigenvalue weighted by molar-refractivity contribution is -0.117. The minimum absolute atomic E-state index is 0.0406. The van der Waals surface area contributed by atoms with Gasteiger partial charge < -0.3 is 19.0 Å². The van der Waals surface area contributed by atoms with Crippen LogP contribution in [0.2, 0.25) is 0 Å². The Kier molecular flexibility index (Phi) is 7.38. The van der Waals surface area contributed by atoms with Crippen molar-refractivity contribution in [1.29, 1.82) is 5.26 Å². The van der Waals surface area contributed by atoms with Gasteiger partial charge in [0.2, 0.25) is 0 Å². The standard InChI is InChI=1S/C23H22N4O4/c1-2-30-23(29)18-6-4-17(5-7-18)21-9-8-20(31-21)14-19(15-24)22(28)26-10-3-12-27-13-11-25-16-27/h4-9,11,13-14,16H,2-3,10,12H2,1H3,(H,26,28). The molecule has 0 spiro atoms. The van der Waals surface area contributed by atoms with Crippen molar-refractivity contribution in [3.8, 4) is 17.4 Å². The summed E-state index contributed by atoms with van der Waals surface area (Å²) < 4.78 is 12.6. The lowest BCUT2D eigenvalue weighted by Crippen LogP contribution is -2.26. The first-order valence-corrected chi connectivity index (χ1v) is 9.84. The molecule has 0 aliphatic carbocycles. The van der Waals surface area contributed by atoms with E-state index in [1.165, 1.54) is 6.08 Å². The predicted octanol–water partition coefficient (Wildman–Crippen LogP) is 3.43. The van der Waals surface area contributed by atoms with Crippen molar-refractivity contribution in [2.45, 2.75) is 19.9 Å². The van der Waals surface area contributed by atoms with Crippen LogP contribution in [0.3, 0.4) is 0 Å². The number of hydrogen-bond donors (Lipinski definition) is 1. The number of hydrogen-bond acceptors (Lipinski definition) is 6. The molecule has 0 fully saturated rings. The van der Waals surface area contributed by atoms with Gasteiger partial charge in [0.15, 0.2) is 0 Å². The molecule has 0 saturated carbocycles. The van der Waals surface area contributed by atoms with E-state index in [1.807, 2.05) is 16.8 Å². The molecular weight excluding hydrogens is 396 g/mol. The number of imidazole rings is 1. The predicted molar refractivity (Wildman–Crippen MR) is 114 cm³/mol. The summed E-state index contributed by atoms with van der Waals surface area (Å²) in [4.78, 5) is 28.0. The van der Waals surface area contributed by atoms with Crippen LogP contribution in [-0.4, -0.2) is 34.6 Å². The maximum Gasteiger partial charge on any atom is 0.338 e. The van der Waals surface area contributed by atoms with Crippen LogP contribution >= 0.6 is 0 Å². The van der Waals surface area contributed by atoms with E-state index >= 15 is 0 Å². The third-order valence-electron chi connectivity index (χ3n) is 4.40. The molecule has 8 heteroatoms. The molecular formula is C23H22N4O4. The number of amides is 1. The van der Waals surface area contributed by atoms with Crippen molar-refractivity contribution >= 4 is 18.0 Å². The van der Waals surface area contributed by atoms with Crippen LogP contribution in [0.15, 0.2) is 65.1 Å². The Morgan fingerprint density at radius 3 is 2.74 bits per heavy atom. The highest BCUT2D eigenvalue weighted by atomic mass is 16.5. The number of carbonyl (C=O) groups is 2. The average Bonchev–Trinajstić information content (AvgIpc) is 3.47. The summed E-state index contributed by atoms with van der Waals surface area (Å²) in [5.41, 5.74) is 1.17. The molecule has 2 heterocycles. The van der Waals surface area contributed by atoms with E-state index in [0.717, 1.165) is 12.1 Å². The molecule has 1 N–H and O–H groups in total. The van der Waals surface area contributed by atoms with Gasteiger partial charge in [-0.2, -0.15) is 5.26 Å². The second-order valence-electron chi connectivity index (χ2n) is 6.58. The minimum atomic E-state index is -0.454. The Bertz CT molecular complexity index is 1090. The van der Waals surface area contributed by atoms with Crippen molar-refractivity contribution < 1.29 is 18.7 Å². The lowest BCUT2D eigenvalue weighted by Gasteiger charge is -2.04. The van der Waals surface area contributed by atoms with E-state index in [4.69, 9.17) is 9.15 Å². The molecule has 8 nitrogen and oxygen atoms in total. The first-order valence-electron chi connectivity index (χ1n) is 9.84. The average molecular weight is 418 g/mol. The zero-order valence-electron chi connectivity index (χ0n) is 17.1. The topological polar surface area (TPSA) is 110 Å². The second kappa shape index (κ2) is 10.6. The molecule has 0 unspecified atom stereocenters. The van der Waals surface area contributed by atoms with Crippen molar-refractivity contribution in [3.05, 3.63) is 72.0 Å². The second-order valence-corrected chi connectivity index (χ2v) is 6.58. The Morgan fingerprint density at radius 2 is 2.06 bits per heavy atom. The number of carbonyl (C=O) groups excluding carboxylic acids is 2. The van der Waals surface area contributed by atoms with Crippen molar-refractivity contribution in [2.24, 2.45) is 0 Å². The van der Waals surface area contributed by atoms with E-state index in [-0.39, 0.29) is 11.5 Å². The van der Waals surface area contributed by atoms with Crippen molar-refractivity contribution in [3.63, 3.8) is 0 Å². The van der Waals surface area contributed by atoms with Crippen LogP contribution in [0.25, 0.3) is 17.4 Å². The van der Waals surface area contributed by atoms with Gasteiger partial charge in [0.05, 0.1) is 18.5 Å². The molecule has 0 saturated heterocycles. The lowest BCUT2D eigenvalue weighted by atomic mass is 10.1. The number of aryl methyl sites for hydroxylation is 1. The Morgan fingerprint density at radius 1 is 1.26 bits per heavy atom. The third kappa shape index (κ3) is 5.93. The summed E-state index contributed by atoms with van der Waals surface area (Å²) in [7, 11) is 0. The van der Waals surface area contributed by atoms with Crippen molar-refractivity contribution in [1.82, 2.24) is 14.9 Å². The molecule has 1 aromatic carbocycles. The molecule has 0 bridgehead atoms. The van der Waals surface area contributed by atoms with Crippen LogP contribution in [0.5, 0.6) is 0 Å². The van der Waals surface area contributed by atoms with Gasteiger partial charge >= 0.3 is 5.97 Å². The number of nitriles is 1. The number of ether oxygens (including phenoxy) is 1. The summed E-state index contributed by atoms with van der Waals surface area (Å²) in [6.07, 6.45) is 7.37. The molecule has 0 radical (unpaired) electrons. The summed E-state index contributed by atoms with van der Waals surface area (Å²) in [6.45, 7) is 3.23. The first kappa shape index (κ1) is 21.6. The van der Waals surface area contributed by atoms with Gasteiger partial charge in [-0.15, -0.1) is 0 Å². The summed E-state index contributed by atoms with van der Waals surface area (Å²) in [5, 5.41) is 12.1. The van der Waals surface area contributed by atoms with Crippen LogP contribution in [0.1, 0.15) is 29.5 Å². The molecule has 3 aromatic rings. The van der Waals surface area contributed by atoms with Crippen LogP contribution in [0.4, 0.5) is 0 Å². The van der Waals surface area contributed by atoms with Gasteiger partial charge in [-0.3, -0.25) is 4.79 Å². The number of esters is 1. The SMILES string of the molecule is CCOC(=O)c1ccc(-c2ccc(C=C(C#N)C(=O)NCCCn3ccnc3)o2)cc1. The van der Waals surface area contributed by atoms with E-state index in [2.05, 4.69) is 10.3 Å². The maximum absolute atomic E-state index is 12.3. The number of aromatic nitrogens is 2. The Hall–Kier alpha value is -4.12. The zero-order chi connectivity index (χ0) is 22.1. The monoisotopic (exact) mass is 418 g/mol. The number of rotatable bonds is 9. The fourth-order valence-corrected chi connectivity index (χ4v) is 2.84. The highest BCUT2D eigenvalue weighted by Gasteiger charge is 2.12. The molecule has 31 heavy (non-hydrogen) atoms. The van der Waals surface area contributed by atoms with Crippen LogP contribution in [0, 0.1) is 11.3 Å². The van der Waals surface area contributed by atoms with E-state index in [1.54, 1.807) is 55.8 Å². The fourth-order valence-electron chi connectivity index (χ4n) is 2.84. The fraction of sp³-hybridized carbons (Fsp3) is 0.217. The molecule has 1 amide bonds. The van der Waals surface area contributed by atoms with E-state index in [0.29, 0.717) is 36.7 Å². The third-order valence-corrected chi connectivity index (χ3v) is 4.40. The van der Waals surface area contributed by atoms with E-state index in [9.17, 15) is 14.9 Å². The maximum atomic E-state index is 12.3. The van der Waals surface area contributed by atoms with Gasteiger partial charge in [-0.1, -0.05) is 12.1 Å². The Balaban J connectivity index is 1.60. The summed E-state index contributed by atoms with van der Waals surface area (Å²) in [6, 6.07) is 12.1. The largest absolute Gasteiger partial charge is 0.462 e. The van der Waals surface area contributed by atoms with Gasteiger partial charge in [0, 0.05) is 37.1 Å². The molecule has 3 rings (SSSR count). The Labute approximate surface area is 179 Å². The highest BCUT2D eigenvalue weighted by molar-refractivity contribution is 6.01. The first-order chi connectivity index (χ1) is 15.1. The number of nitrogens with one attached hydrogen (secondary N) is 1. The normalized spacial score (nSPS) is 11.0. The molecule has 0 atom stereocenters. The summed E-state index contributed by atoms with van der Waals surface area (Å²) in [5.74, 6) is 0.103. The molecule has 158 valence electrons. The van der Waals surface area contributed by atoms with Crippen molar-refractivity contribution in [2.75, 3.05) is 13.2 Å². The van der Waals surface area contributed by atoms with Crippen LogP contribution in [-0.2, 0) is 16.1 Å². The molecule has 0 aliphatic heterocycles. The zero-order valence-corrected chi connectivity index (χ0v) is 17.1. The number of benzene rings is 1. The molecule has 2 aromatic heterocycles. The van der Waals surface area contributed by atoms with Gasteiger partial charge in [-0.25, -0.2) is 9.78 Å².